The predicted molar refractivity (Wildman–Crippen MR) is 111 cm³/mol. The van der Waals surface area contributed by atoms with E-state index in [0.29, 0.717) is 11.5 Å². The lowest BCUT2D eigenvalue weighted by Crippen LogP contribution is -2.23. The van der Waals surface area contributed by atoms with Crippen molar-refractivity contribution >= 4 is 33.4 Å². The smallest absolute Gasteiger partial charge is 0.242 e. The average Bonchev–Trinajstić information content (AvgIpc) is 3.15. The Kier molecular flexibility index (Phi) is 6.36. The van der Waals surface area contributed by atoms with E-state index in [1.807, 2.05) is 37.4 Å². The zero-order valence-corrected chi connectivity index (χ0v) is 17.7. The van der Waals surface area contributed by atoms with Gasteiger partial charge in [0.25, 0.3) is 0 Å². The van der Waals surface area contributed by atoms with Gasteiger partial charge >= 0.3 is 0 Å². The first kappa shape index (κ1) is 21.0. The van der Waals surface area contributed by atoms with Crippen molar-refractivity contribution in [3.63, 3.8) is 0 Å². The molecular weight excluding hydrogens is 412 g/mol. The van der Waals surface area contributed by atoms with Crippen LogP contribution in [0.5, 0.6) is 0 Å². The molecule has 0 spiro atoms. The van der Waals surface area contributed by atoms with Crippen molar-refractivity contribution in [2.24, 2.45) is 0 Å². The van der Waals surface area contributed by atoms with Gasteiger partial charge in [-0.2, -0.15) is 4.98 Å². The highest BCUT2D eigenvalue weighted by Crippen LogP contribution is 2.28. The van der Waals surface area contributed by atoms with E-state index in [4.69, 9.17) is 4.52 Å². The first-order valence-electron chi connectivity index (χ1n) is 8.63. The van der Waals surface area contributed by atoms with Crippen LogP contribution in [0.1, 0.15) is 18.4 Å². The van der Waals surface area contributed by atoms with Gasteiger partial charge in [0.15, 0.2) is 0 Å². The van der Waals surface area contributed by atoms with Gasteiger partial charge in [0.05, 0.1) is 17.1 Å². The molecule has 0 aliphatic carbocycles. The number of thioether (sulfide) groups is 1. The minimum atomic E-state index is -3.84. The van der Waals surface area contributed by atoms with Crippen LogP contribution in [0.25, 0.3) is 11.4 Å². The number of sulfonamides is 1. The molecule has 152 valence electrons. The van der Waals surface area contributed by atoms with Crippen molar-refractivity contribution < 1.29 is 17.7 Å². The van der Waals surface area contributed by atoms with Gasteiger partial charge in [0.2, 0.25) is 27.6 Å². The van der Waals surface area contributed by atoms with Gasteiger partial charge in [-0.05, 0) is 37.4 Å². The van der Waals surface area contributed by atoms with Crippen LogP contribution < -0.4 is 10.0 Å². The molecule has 8 nitrogen and oxygen atoms in total. The summed E-state index contributed by atoms with van der Waals surface area (Å²) in [7, 11) is -3.84. The molecule has 2 aromatic carbocycles. The Morgan fingerprint density at radius 3 is 2.69 bits per heavy atom. The van der Waals surface area contributed by atoms with E-state index >= 15 is 0 Å². The zero-order chi connectivity index (χ0) is 21.0. The Bertz CT molecular complexity index is 1140. The van der Waals surface area contributed by atoms with Crippen LogP contribution in [-0.2, 0) is 21.4 Å². The summed E-state index contributed by atoms with van der Waals surface area (Å²) in [4.78, 5) is 16.4. The lowest BCUT2D eigenvalue weighted by Gasteiger charge is -2.11. The molecule has 0 saturated heterocycles. The quantitative estimate of drug-likeness (QED) is 0.551. The fraction of sp³-hybridized carbons (Fsp3) is 0.211. The Balaban J connectivity index is 1.76. The highest BCUT2D eigenvalue weighted by atomic mass is 32.2. The molecule has 10 heteroatoms. The largest absolute Gasteiger partial charge is 0.338 e. The summed E-state index contributed by atoms with van der Waals surface area (Å²) in [6.45, 7) is 3.17. The van der Waals surface area contributed by atoms with Crippen molar-refractivity contribution in [3.05, 3.63) is 53.9 Å². The number of carbonyl (C=O) groups is 1. The Morgan fingerprint density at radius 2 is 2.00 bits per heavy atom. The number of aromatic nitrogens is 2. The molecule has 0 radical (unpaired) electrons. The maximum atomic E-state index is 12.6. The standard InChI is InChI=1S/C19H20N4O4S2/c1-12-5-4-6-14(9-12)19-22-18(27-23-19)11-20-29(25,26)15-7-8-17(28-3)16(10-15)21-13(2)24/h4-10,20H,11H2,1-3H3,(H,21,24). The molecule has 1 heterocycles. The fourth-order valence-corrected chi connectivity index (χ4v) is 4.14. The van der Waals surface area contributed by atoms with Gasteiger partial charge in [0.1, 0.15) is 0 Å². The average molecular weight is 433 g/mol. The summed E-state index contributed by atoms with van der Waals surface area (Å²) >= 11 is 1.41. The third-order valence-electron chi connectivity index (χ3n) is 3.95. The van der Waals surface area contributed by atoms with Gasteiger partial charge in [-0.3, -0.25) is 4.79 Å². The zero-order valence-electron chi connectivity index (χ0n) is 16.1. The third kappa shape index (κ3) is 5.22. The lowest BCUT2D eigenvalue weighted by atomic mass is 10.1. The Labute approximate surface area is 173 Å². The third-order valence-corrected chi connectivity index (χ3v) is 6.14. The van der Waals surface area contributed by atoms with Crippen LogP contribution in [-0.4, -0.2) is 30.7 Å². The minimum absolute atomic E-state index is 0.0254. The summed E-state index contributed by atoms with van der Waals surface area (Å²) in [6.07, 6.45) is 1.84. The summed E-state index contributed by atoms with van der Waals surface area (Å²) in [5, 5.41) is 6.54. The number of rotatable bonds is 7. The molecule has 3 rings (SSSR count). The second-order valence-corrected chi connectivity index (χ2v) is 8.86. The highest BCUT2D eigenvalue weighted by Gasteiger charge is 2.18. The SMILES string of the molecule is CSc1ccc(S(=O)(=O)NCc2nc(-c3cccc(C)c3)no2)cc1NC(C)=O. The van der Waals surface area contributed by atoms with Crippen molar-refractivity contribution in [3.8, 4) is 11.4 Å². The van der Waals surface area contributed by atoms with Crippen LogP contribution >= 0.6 is 11.8 Å². The molecule has 0 atom stereocenters. The molecule has 1 amide bonds. The summed E-state index contributed by atoms with van der Waals surface area (Å²) in [5.74, 6) is 0.255. The lowest BCUT2D eigenvalue weighted by molar-refractivity contribution is -0.114. The molecule has 0 aliphatic rings. The van der Waals surface area contributed by atoms with E-state index in [-0.39, 0.29) is 23.2 Å². The van der Waals surface area contributed by atoms with Crippen molar-refractivity contribution in [1.29, 1.82) is 0 Å². The van der Waals surface area contributed by atoms with Gasteiger partial charge in [-0.1, -0.05) is 28.9 Å². The van der Waals surface area contributed by atoms with Crippen molar-refractivity contribution in [2.75, 3.05) is 11.6 Å². The van der Waals surface area contributed by atoms with Gasteiger partial charge in [-0.15, -0.1) is 11.8 Å². The number of nitrogens with one attached hydrogen (secondary N) is 2. The van der Waals surface area contributed by atoms with Crippen LogP contribution in [0.15, 0.2) is 56.8 Å². The monoisotopic (exact) mass is 432 g/mol. The highest BCUT2D eigenvalue weighted by molar-refractivity contribution is 7.98. The molecular formula is C19H20N4O4S2. The molecule has 0 bridgehead atoms. The molecule has 3 aromatic rings. The molecule has 0 unspecified atom stereocenters. The fourth-order valence-electron chi connectivity index (χ4n) is 2.61. The molecule has 29 heavy (non-hydrogen) atoms. The number of hydrogen-bond acceptors (Lipinski definition) is 7. The summed E-state index contributed by atoms with van der Waals surface area (Å²) < 4.78 is 32.9. The van der Waals surface area contributed by atoms with Crippen molar-refractivity contribution in [2.45, 2.75) is 30.2 Å². The van der Waals surface area contributed by atoms with E-state index in [9.17, 15) is 13.2 Å². The molecule has 1 aromatic heterocycles. The van der Waals surface area contributed by atoms with E-state index in [0.717, 1.165) is 16.0 Å². The van der Waals surface area contributed by atoms with Gasteiger partial charge in [-0.25, -0.2) is 13.1 Å². The normalized spacial score (nSPS) is 11.4. The Morgan fingerprint density at radius 1 is 1.21 bits per heavy atom. The van der Waals surface area contributed by atoms with Crippen LogP contribution in [0.3, 0.4) is 0 Å². The number of amides is 1. The topological polar surface area (TPSA) is 114 Å². The number of hydrogen-bond donors (Lipinski definition) is 2. The first-order valence-corrected chi connectivity index (χ1v) is 11.3. The Hall–Kier alpha value is -2.69. The maximum absolute atomic E-state index is 12.6. The minimum Gasteiger partial charge on any atom is -0.338 e. The van der Waals surface area contributed by atoms with Gasteiger partial charge < -0.3 is 9.84 Å². The molecule has 2 N–H and O–H groups in total. The van der Waals surface area contributed by atoms with E-state index in [1.165, 1.54) is 30.8 Å². The first-order chi connectivity index (χ1) is 13.8. The number of benzene rings is 2. The van der Waals surface area contributed by atoms with Crippen LogP contribution in [0, 0.1) is 6.92 Å². The number of carbonyl (C=O) groups excluding carboxylic acids is 1. The van der Waals surface area contributed by atoms with E-state index in [2.05, 4.69) is 20.2 Å². The predicted octanol–water partition coefficient (Wildman–Crippen LogP) is 3.20. The number of anilines is 1. The van der Waals surface area contributed by atoms with E-state index in [1.54, 1.807) is 6.07 Å². The number of aryl methyl sites for hydroxylation is 1. The second-order valence-electron chi connectivity index (χ2n) is 6.25. The second kappa shape index (κ2) is 8.76. The molecule has 0 fully saturated rings. The molecule has 0 aliphatic heterocycles. The molecule has 0 saturated carbocycles. The van der Waals surface area contributed by atoms with Gasteiger partial charge in [0, 0.05) is 17.4 Å². The van der Waals surface area contributed by atoms with Crippen LogP contribution in [0.4, 0.5) is 5.69 Å². The van der Waals surface area contributed by atoms with Crippen molar-refractivity contribution in [1.82, 2.24) is 14.9 Å². The summed E-state index contributed by atoms with van der Waals surface area (Å²) in [6, 6.07) is 12.1. The maximum Gasteiger partial charge on any atom is 0.242 e. The number of nitrogens with zero attached hydrogens (tertiary/aromatic N) is 2. The summed E-state index contributed by atoms with van der Waals surface area (Å²) in [5.41, 5.74) is 2.28. The van der Waals surface area contributed by atoms with E-state index < -0.39 is 10.0 Å². The van der Waals surface area contributed by atoms with Crippen LogP contribution in [0.2, 0.25) is 0 Å².